The maximum Gasteiger partial charge on any atom is 0.105 e. The van der Waals surface area contributed by atoms with E-state index in [9.17, 15) is 0 Å². The molecule has 0 fully saturated rings. The molecule has 0 spiro atoms. The van der Waals surface area contributed by atoms with Crippen LogP contribution < -0.4 is 11.1 Å². The average molecular weight is 291 g/mol. The van der Waals surface area contributed by atoms with Crippen LogP contribution in [0, 0.1) is 13.8 Å². The van der Waals surface area contributed by atoms with Crippen LogP contribution in [0.1, 0.15) is 16.7 Å². The molecule has 0 heterocycles. The van der Waals surface area contributed by atoms with Crippen molar-refractivity contribution < 1.29 is 0 Å². The van der Waals surface area contributed by atoms with E-state index in [-0.39, 0.29) is 0 Å². The van der Waals surface area contributed by atoms with E-state index in [0.717, 1.165) is 11.4 Å². The van der Waals surface area contributed by atoms with E-state index in [2.05, 4.69) is 37.4 Å². The minimum absolute atomic E-state index is 0.308. The number of rotatable bonds is 3. The Morgan fingerprint density at radius 3 is 2.47 bits per heavy atom. The number of hydrogen-bond donors (Lipinski definition) is 2. The van der Waals surface area contributed by atoms with Crippen molar-refractivity contribution in [3.8, 4) is 0 Å². The quantitative estimate of drug-likeness (QED) is 0.826. The predicted molar refractivity (Wildman–Crippen MR) is 86.5 cm³/mol. The number of nitrogens with one attached hydrogen (secondary N) is 1. The zero-order valence-corrected chi connectivity index (χ0v) is 12.4. The van der Waals surface area contributed by atoms with Crippen molar-refractivity contribution in [2.75, 3.05) is 5.32 Å². The summed E-state index contributed by atoms with van der Waals surface area (Å²) >= 11 is 11.1. The SMILES string of the molecule is Cc1ccc(Nc2ccc(C(N)=S)c(Cl)c2)c(C)c1. The summed E-state index contributed by atoms with van der Waals surface area (Å²) in [4.78, 5) is 0.308. The van der Waals surface area contributed by atoms with Crippen molar-refractivity contribution >= 4 is 40.2 Å². The molecule has 19 heavy (non-hydrogen) atoms. The first-order chi connectivity index (χ1) is 8.97. The highest BCUT2D eigenvalue weighted by Gasteiger charge is 2.05. The molecule has 0 atom stereocenters. The lowest BCUT2D eigenvalue weighted by molar-refractivity contribution is 1.37. The zero-order valence-electron chi connectivity index (χ0n) is 10.8. The molecule has 0 aliphatic heterocycles. The smallest absolute Gasteiger partial charge is 0.105 e. The molecule has 3 N–H and O–H groups in total. The van der Waals surface area contributed by atoms with Gasteiger partial charge in [-0.05, 0) is 43.7 Å². The first-order valence-corrected chi connectivity index (χ1v) is 6.69. The first-order valence-electron chi connectivity index (χ1n) is 5.91. The van der Waals surface area contributed by atoms with Gasteiger partial charge in [0.15, 0.2) is 0 Å². The maximum absolute atomic E-state index is 6.15. The summed E-state index contributed by atoms with van der Waals surface area (Å²) < 4.78 is 0. The van der Waals surface area contributed by atoms with Crippen molar-refractivity contribution in [1.82, 2.24) is 0 Å². The fourth-order valence-corrected chi connectivity index (χ4v) is 2.42. The highest BCUT2D eigenvalue weighted by atomic mass is 35.5. The lowest BCUT2D eigenvalue weighted by Gasteiger charge is -2.11. The Hall–Kier alpha value is -1.58. The highest BCUT2D eigenvalue weighted by Crippen LogP contribution is 2.25. The Labute approximate surface area is 123 Å². The summed E-state index contributed by atoms with van der Waals surface area (Å²) in [7, 11) is 0. The maximum atomic E-state index is 6.15. The molecule has 0 amide bonds. The summed E-state index contributed by atoms with van der Waals surface area (Å²) in [5, 5.41) is 3.90. The normalized spacial score (nSPS) is 10.3. The fourth-order valence-electron chi connectivity index (χ4n) is 1.90. The van der Waals surface area contributed by atoms with Crippen LogP contribution in [0.2, 0.25) is 5.02 Å². The lowest BCUT2D eigenvalue weighted by atomic mass is 10.1. The second-order valence-electron chi connectivity index (χ2n) is 4.50. The largest absolute Gasteiger partial charge is 0.389 e. The molecule has 2 nitrogen and oxygen atoms in total. The molecule has 0 unspecified atom stereocenters. The number of halogens is 1. The van der Waals surface area contributed by atoms with E-state index in [4.69, 9.17) is 29.6 Å². The summed E-state index contributed by atoms with van der Waals surface area (Å²) in [5.74, 6) is 0. The Morgan fingerprint density at radius 1 is 1.16 bits per heavy atom. The number of thiocarbonyl (C=S) groups is 1. The molecule has 2 aromatic carbocycles. The molecule has 4 heteroatoms. The van der Waals surface area contributed by atoms with Gasteiger partial charge in [0.25, 0.3) is 0 Å². The van der Waals surface area contributed by atoms with E-state index < -0.39 is 0 Å². The standard InChI is InChI=1S/C15H15ClN2S/c1-9-3-6-14(10(2)7-9)18-11-4-5-12(15(17)19)13(16)8-11/h3-8,18H,1-2H3,(H2,17,19). The molecule has 98 valence electrons. The van der Waals surface area contributed by atoms with Crippen molar-refractivity contribution in [3.05, 3.63) is 58.1 Å². The third kappa shape index (κ3) is 3.25. The second-order valence-corrected chi connectivity index (χ2v) is 5.35. The average Bonchev–Trinajstić information content (AvgIpc) is 2.32. The summed E-state index contributed by atoms with van der Waals surface area (Å²) in [6.45, 7) is 4.14. The van der Waals surface area contributed by atoms with Gasteiger partial charge >= 0.3 is 0 Å². The van der Waals surface area contributed by atoms with Crippen molar-refractivity contribution in [2.24, 2.45) is 5.73 Å². The second kappa shape index (κ2) is 5.59. The van der Waals surface area contributed by atoms with Crippen molar-refractivity contribution in [2.45, 2.75) is 13.8 Å². The van der Waals surface area contributed by atoms with Gasteiger partial charge in [0, 0.05) is 16.9 Å². The van der Waals surface area contributed by atoms with Crippen LogP contribution in [0.3, 0.4) is 0 Å². The van der Waals surface area contributed by atoms with E-state index in [1.165, 1.54) is 11.1 Å². The summed E-state index contributed by atoms with van der Waals surface area (Å²) in [6.07, 6.45) is 0. The third-order valence-corrected chi connectivity index (χ3v) is 3.43. The van der Waals surface area contributed by atoms with Crippen LogP contribution in [0.15, 0.2) is 36.4 Å². The Morgan fingerprint density at radius 2 is 1.89 bits per heavy atom. The molecular formula is C15H15ClN2S. The van der Waals surface area contributed by atoms with Crippen LogP contribution in [0.4, 0.5) is 11.4 Å². The van der Waals surface area contributed by atoms with E-state index in [1.807, 2.05) is 18.2 Å². The minimum Gasteiger partial charge on any atom is -0.389 e. The van der Waals surface area contributed by atoms with Gasteiger partial charge in [0.2, 0.25) is 0 Å². The molecule has 0 aromatic heterocycles. The van der Waals surface area contributed by atoms with E-state index >= 15 is 0 Å². The van der Waals surface area contributed by atoms with Crippen LogP contribution in [0.25, 0.3) is 0 Å². The summed E-state index contributed by atoms with van der Waals surface area (Å²) in [5.41, 5.74) is 10.7. The molecule has 2 aromatic rings. The molecule has 0 radical (unpaired) electrons. The van der Waals surface area contributed by atoms with Crippen LogP contribution in [0.5, 0.6) is 0 Å². The summed E-state index contributed by atoms with van der Waals surface area (Å²) in [6, 6.07) is 11.8. The highest BCUT2D eigenvalue weighted by molar-refractivity contribution is 7.80. The molecular weight excluding hydrogens is 276 g/mol. The van der Waals surface area contributed by atoms with Crippen molar-refractivity contribution in [3.63, 3.8) is 0 Å². The van der Waals surface area contributed by atoms with Gasteiger partial charge in [-0.1, -0.05) is 41.5 Å². The van der Waals surface area contributed by atoms with Crippen LogP contribution in [-0.4, -0.2) is 4.99 Å². The van der Waals surface area contributed by atoms with E-state index in [1.54, 1.807) is 0 Å². The number of nitrogens with two attached hydrogens (primary N) is 1. The van der Waals surface area contributed by atoms with Crippen LogP contribution >= 0.6 is 23.8 Å². The lowest BCUT2D eigenvalue weighted by Crippen LogP contribution is -2.10. The monoisotopic (exact) mass is 290 g/mol. The topological polar surface area (TPSA) is 38.0 Å². The number of hydrogen-bond acceptors (Lipinski definition) is 2. The van der Waals surface area contributed by atoms with Gasteiger partial charge < -0.3 is 11.1 Å². The van der Waals surface area contributed by atoms with Gasteiger partial charge in [-0.25, -0.2) is 0 Å². The van der Waals surface area contributed by atoms with Gasteiger partial charge in [-0.3, -0.25) is 0 Å². The first kappa shape index (κ1) is 13.8. The molecule has 2 rings (SSSR count). The van der Waals surface area contributed by atoms with Gasteiger partial charge in [0.1, 0.15) is 4.99 Å². The number of aryl methyl sites for hydroxylation is 2. The molecule has 0 aliphatic rings. The molecule has 0 saturated carbocycles. The Kier molecular flexibility index (Phi) is 4.08. The minimum atomic E-state index is 0.308. The Balaban J connectivity index is 2.29. The van der Waals surface area contributed by atoms with Crippen LogP contribution in [-0.2, 0) is 0 Å². The fraction of sp³-hybridized carbons (Fsp3) is 0.133. The molecule has 0 saturated heterocycles. The zero-order chi connectivity index (χ0) is 14.0. The van der Waals surface area contributed by atoms with Gasteiger partial charge in [0.05, 0.1) is 5.02 Å². The van der Waals surface area contributed by atoms with Crippen molar-refractivity contribution in [1.29, 1.82) is 0 Å². The number of anilines is 2. The molecule has 0 aliphatic carbocycles. The number of benzene rings is 2. The van der Waals surface area contributed by atoms with Gasteiger partial charge in [-0.15, -0.1) is 0 Å². The molecule has 0 bridgehead atoms. The van der Waals surface area contributed by atoms with E-state index in [0.29, 0.717) is 15.6 Å². The van der Waals surface area contributed by atoms with Gasteiger partial charge in [-0.2, -0.15) is 0 Å². The Bertz CT molecular complexity index is 638. The predicted octanol–water partition coefficient (Wildman–Crippen LogP) is 4.33. The third-order valence-electron chi connectivity index (χ3n) is 2.90.